The van der Waals surface area contributed by atoms with E-state index in [1.165, 1.54) is 17.8 Å². The van der Waals surface area contributed by atoms with Crippen LogP contribution in [0.1, 0.15) is 115 Å². The molecule has 0 radical (unpaired) electrons. The molecule has 8 aromatic rings. The van der Waals surface area contributed by atoms with E-state index in [0.29, 0.717) is 75.7 Å². The van der Waals surface area contributed by atoms with Gasteiger partial charge >= 0.3 is 0 Å². The molecule has 2 unspecified atom stereocenters. The molecule has 10 heterocycles. The van der Waals surface area contributed by atoms with Crippen LogP contribution in [0.15, 0.2) is 78.1 Å². The van der Waals surface area contributed by atoms with Crippen LogP contribution in [-0.4, -0.2) is 120 Å². The highest BCUT2D eigenvalue weighted by Crippen LogP contribution is 2.36. The highest BCUT2D eigenvalue weighted by atomic mass is 79.9. The number of halogens is 1. The summed E-state index contributed by atoms with van der Waals surface area (Å²) in [7, 11) is 8.17. The number of ether oxygens (including phenoxy) is 2. The molecular weight excluding hydrogens is 1060 g/mol. The predicted octanol–water partition coefficient (Wildman–Crippen LogP) is 9.87. The van der Waals surface area contributed by atoms with Gasteiger partial charge in [0, 0.05) is 123 Å². The number of nitrogens with two attached hydrogens (primary N) is 1. The Bertz CT molecular complexity index is 3500. The van der Waals surface area contributed by atoms with Crippen molar-refractivity contribution in [2.24, 2.45) is 25.9 Å². The van der Waals surface area contributed by atoms with Crippen LogP contribution in [-0.2, 0) is 47.4 Å². The van der Waals surface area contributed by atoms with Gasteiger partial charge in [-0.1, -0.05) is 41.5 Å². The van der Waals surface area contributed by atoms with Gasteiger partial charge in [0.05, 0.1) is 46.9 Å². The van der Waals surface area contributed by atoms with E-state index in [1.807, 2.05) is 53.6 Å². The second-order valence-electron chi connectivity index (χ2n) is 23.8. The Morgan fingerprint density at radius 1 is 0.620 bits per heavy atom. The van der Waals surface area contributed by atoms with Crippen LogP contribution in [0, 0.1) is 11.8 Å². The third kappa shape index (κ3) is 13.3. The number of imidazole rings is 2. The Hall–Kier alpha value is -7.10. The molecule has 8 aromatic heterocycles. The van der Waals surface area contributed by atoms with E-state index in [9.17, 15) is 9.59 Å². The van der Waals surface area contributed by atoms with Crippen LogP contribution >= 0.6 is 15.9 Å². The number of anilines is 3. The van der Waals surface area contributed by atoms with Crippen molar-refractivity contribution in [2.45, 2.75) is 116 Å². The number of fused-ring (bicyclic) bond motifs is 2. The van der Waals surface area contributed by atoms with Gasteiger partial charge in [-0.05, 0) is 93.8 Å². The van der Waals surface area contributed by atoms with Crippen molar-refractivity contribution in [3.8, 4) is 23.0 Å². The molecule has 2 aliphatic heterocycles. The average molecular weight is 1140 g/mol. The first-order valence-corrected chi connectivity index (χ1v) is 28.1. The molecule has 20 nitrogen and oxygen atoms in total. The number of ketones is 2. The Morgan fingerprint density at radius 2 is 1.10 bits per heavy atom. The number of aryl methyl sites for hydroxylation is 2. The molecule has 79 heavy (non-hydrogen) atoms. The van der Waals surface area contributed by atoms with Crippen LogP contribution in [0.3, 0.4) is 0 Å². The standard InChI is InChI=1S/C29H36N8O2.C17H15BrN4O2.C12H22N4/c1-29(2,3)25-15-26(34-37(25)20-9-11-35(4)17-20)32-28-33-27-23(36(28)5)14-22(16-31-27)39-21-8-10-30-19(12-21)13-24(38)18-6-7-18;1-22-14-8-13(9-20-16(14)21-17(22)18)24-12-4-5-19-11(6-12)7-15(23)10-2-3-10;1-12(2,3)10-7-11(13)14-16(10)9-5-6-15(4)8-9/h8,10,12,14-16,18,20H,6-7,9,11,13,17H2,1-5H3,(H,31,32,33,34);4-6,8-10H,2-3,7H2,1H3;7,9H,5-6,8H2,1-4H3,(H2,13,14). The highest BCUT2D eigenvalue weighted by molar-refractivity contribution is 9.10. The molecule has 0 amide bonds. The molecule has 21 heteroatoms. The summed E-state index contributed by atoms with van der Waals surface area (Å²) in [4.78, 5) is 55.3. The zero-order valence-corrected chi connectivity index (χ0v) is 48.7. The van der Waals surface area contributed by atoms with Crippen molar-refractivity contribution in [1.29, 1.82) is 0 Å². The lowest BCUT2D eigenvalue weighted by Gasteiger charge is -2.23. The van der Waals surface area contributed by atoms with Gasteiger partial charge in [0.2, 0.25) is 5.95 Å². The van der Waals surface area contributed by atoms with Crippen molar-refractivity contribution in [3.05, 3.63) is 101 Å². The van der Waals surface area contributed by atoms with Crippen LogP contribution in [0.4, 0.5) is 17.6 Å². The van der Waals surface area contributed by atoms with E-state index in [-0.39, 0.29) is 34.2 Å². The van der Waals surface area contributed by atoms with Gasteiger partial charge in [-0.25, -0.2) is 15.0 Å². The third-order valence-electron chi connectivity index (χ3n) is 14.9. The lowest BCUT2D eigenvalue weighted by Crippen LogP contribution is -2.24. The quantitative estimate of drug-likeness (QED) is 0.103. The average Bonchev–Trinajstić information content (AvgIpc) is 4.17. The van der Waals surface area contributed by atoms with Gasteiger partial charge in [-0.3, -0.25) is 28.9 Å². The second kappa shape index (κ2) is 22.6. The van der Waals surface area contributed by atoms with Crippen molar-refractivity contribution in [2.75, 3.05) is 51.3 Å². The number of nitrogens with zero attached hydrogens (tertiary/aromatic N) is 14. The number of likely N-dealkylation sites (tertiary alicyclic amines) is 2. The number of nitrogen functional groups attached to an aromatic ring is 1. The van der Waals surface area contributed by atoms with E-state index >= 15 is 0 Å². The lowest BCUT2D eigenvalue weighted by molar-refractivity contribution is -0.120. The molecule has 0 aromatic carbocycles. The summed E-state index contributed by atoms with van der Waals surface area (Å²) < 4.78 is 20.9. The molecule has 2 aliphatic carbocycles. The first kappa shape index (κ1) is 55.2. The van der Waals surface area contributed by atoms with Gasteiger partial charge in [0.15, 0.2) is 21.8 Å². The first-order valence-electron chi connectivity index (χ1n) is 27.3. The summed E-state index contributed by atoms with van der Waals surface area (Å²) in [6.07, 6.45) is 13.6. The monoisotopic (exact) mass is 1140 g/mol. The summed E-state index contributed by atoms with van der Waals surface area (Å²) >= 11 is 3.38. The number of aromatic nitrogens is 12. The number of likely N-dealkylation sites (N-methyl/N-ethyl adjacent to an activating group) is 2. The van der Waals surface area contributed by atoms with Crippen molar-refractivity contribution in [3.63, 3.8) is 0 Å². The minimum absolute atomic E-state index is 0.0355. The first-order chi connectivity index (χ1) is 37.6. The van der Waals surface area contributed by atoms with Gasteiger partial charge in [0.25, 0.3) is 0 Å². The fourth-order valence-electron chi connectivity index (χ4n) is 10.1. The SMILES string of the molecule is CN1CCC(n2nc(N)cc2C(C)(C)C)C1.CN1CCC(n2nc(Nc3nc4ncc(Oc5ccnc(CC(=O)C6CC6)c5)cc4n3C)cc2C(C)(C)C)C1.Cn1c(Br)nc2ncc(Oc3ccnc(CC(=O)C4CC4)c3)cc21. The van der Waals surface area contributed by atoms with Crippen LogP contribution < -0.4 is 20.5 Å². The predicted molar refractivity (Wildman–Crippen MR) is 308 cm³/mol. The van der Waals surface area contributed by atoms with E-state index < -0.39 is 0 Å². The summed E-state index contributed by atoms with van der Waals surface area (Å²) in [5, 5.41) is 12.9. The second-order valence-corrected chi connectivity index (χ2v) is 24.5. The molecule has 2 saturated heterocycles. The van der Waals surface area contributed by atoms with E-state index in [2.05, 4.69) is 132 Å². The largest absolute Gasteiger partial charge is 0.456 e. The maximum atomic E-state index is 12.2. The van der Waals surface area contributed by atoms with Gasteiger partial charge < -0.3 is 39.5 Å². The lowest BCUT2D eigenvalue weighted by atomic mass is 9.91. The van der Waals surface area contributed by atoms with E-state index in [0.717, 1.165) is 86.5 Å². The summed E-state index contributed by atoms with van der Waals surface area (Å²) in [5.74, 6) is 5.53. The molecule has 4 fully saturated rings. The molecule has 3 N–H and O–H groups in total. The number of hydrogen-bond donors (Lipinski definition) is 2. The number of hydrogen-bond acceptors (Lipinski definition) is 16. The number of rotatable bonds is 14. The normalized spacial score (nSPS) is 17.9. The highest BCUT2D eigenvalue weighted by Gasteiger charge is 2.32. The van der Waals surface area contributed by atoms with E-state index in [4.69, 9.17) is 25.3 Å². The maximum Gasteiger partial charge on any atom is 0.210 e. The van der Waals surface area contributed by atoms with Crippen molar-refractivity contribution < 1.29 is 19.1 Å². The van der Waals surface area contributed by atoms with Crippen LogP contribution in [0.2, 0.25) is 0 Å². The molecule has 4 aliphatic rings. The Labute approximate surface area is 469 Å². The van der Waals surface area contributed by atoms with E-state index in [1.54, 1.807) is 36.9 Å². The van der Waals surface area contributed by atoms with Crippen molar-refractivity contribution >= 4 is 67.4 Å². The number of carbonyl (C=O) groups is 2. The molecule has 2 atom stereocenters. The fourth-order valence-corrected chi connectivity index (χ4v) is 10.5. The molecular formula is C58H73BrN16O4. The van der Waals surface area contributed by atoms with Crippen LogP contribution in [0.25, 0.3) is 22.3 Å². The minimum atomic E-state index is -0.0355. The topological polar surface area (TPSA) is 220 Å². The molecule has 0 bridgehead atoms. The third-order valence-corrected chi connectivity index (χ3v) is 15.6. The molecule has 0 spiro atoms. The summed E-state index contributed by atoms with van der Waals surface area (Å²) in [6, 6.07) is 16.0. The van der Waals surface area contributed by atoms with Crippen molar-refractivity contribution in [1.82, 2.24) is 68.4 Å². The smallest absolute Gasteiger partial charge is 0.210 e. The zero-order chi connectivity index (χ0) is 55.9. The molecule has 12 rings (SSSR count). The number of carbonyl (C=O) groups excluding carboxylic acids is 2. The number of nitrogens with one attached hydrogen (secondary N) is 1. The van der Waals surface area contributed by atoms with Gasteiger partial charge in [-0.15, -0.1) is 0 Å². The van der Waals surface area contributed by atoms with Gasteiger partial charge in [-0.2, -0.15) is 15.2 Å². The fraction of sp³-hybridized carbons (Fsp3) is 0.483. The summed E-state index contributed by atoms with van der Waals surface area (Å²) in [6.45, 7) is 17.6. The Balaban J connectivity index is 0.000000149. The minimum Gasteiger partial charge on any atom is -0.456 e. The van der Waals surface area contributed by atoms with Gasteiger partial charge in [0.1, 0.15) is 40.4 Å². The number of Topliss-reactive ketones (excluding diaryl/α,β-unsaturated/α-hetero) is 2. The zero-order valence-electron chi connectivity index (χ0n) is 47.1. The van der Waals surface area contributed by atoms with Crippen LogP contribution in [0.5, 0.6) is 23.0 Å². The number of pyridine rings is 4. The molecule has 2 saturated carbocycles. The molecule has 416 valence electrons. The Kier molecular flexibility index (Phi) is 15.8. The summed E-state index contributed by atoms with van der Waals surface area (Å²) in [5.41, 5.74) is 12.8. The maximum absolute atomic E-state index is 12.2. The Morgan fingerprint density at radius 3 is 1.58 bits per heavy atom.